The third-order valence-electron chi connectivity index (χ3n) is 3.78. The van der Waals surface area contributed by atoms with Crippen molar-refractivity contribution in [3.05, 3.63) is 57.6 Å². The van der Waals surface area contributed by atoms with E-state index in [4.69, 9.17) is 14.7 Å². The third-order valence-corrected chi connectivity index (χ3v) is 4.37. The van der Waals surface area contributed by atoms with Crippen LogP contribution in [-0.4, -0.2) is 31.6 Å². The Morgan fingerprint density at radius 3 is 2.54 bits per heavy atom. The molecule has 2 aromatic rings. The smallest absolute Gasteiger partial charge is 0.254 e. The fourth-order valence-corrected chi connectivity index (χ4v) is 2.99. The van der Waals surface area contributed by atoms with Gasteiger partial charge in [-0.1, -0.05) is 19.1 Å². The number of carbonyl (C=O) groups is 1. The van der Waals surface area contributed by atoms with Gasteiger partial charge in [0.25, 0.3) is 5.91 Å². The van der Waals surface area contributed by atoms with Gasteiger partial charge in [-0.05, 0) is 52.2 Å². The maximum atomic E-state index is 12.8. The van der Waals surface area contributed by atoms with Crippen LogP contribution >= 0.6 is 15.9 Å². The van der Waals surface area contributed by atoms with Crippen molar-refractivity contribution < 1.29 is 14.3 Å². The van der Waals surface area contributed by atoms with Crippen LogP contribution in [-0.2, 0) is 6.54 Å². The van der Waals surface area contributed by atoms with Crippen LogP contribution < -0.4 is 9.47 Å². The van der Waals surface area contributed by atoms with Gasteiger partial charge >= 0.3 is 0 Å². The molecule has 1 amide bonds. The Hall–Kier alpha value is -2.52. The highest BCUT2D eigenvalue weighted by atomic mass is 79.9. The summed E-state index contributed by atoms with van der Waals surface area (Å²) in [5.41, 5.74) is 2.06. The number of benzene rings is 2. The monoisotopic (exact) mass is 416 g/mol. The number of nitriles is 1. The molecule has 0 aliphatic heterocycles. The van der Waals surface area contributed by atoms with Gasteiger partial charge in [-0.3, -0.25) is 4.79 Å². The molecule has 26 heavy (non-hydrogen) atoms. The summed E-state index contributed by atoms with van der Waals surface area (Å²) in [5.74, 6) is 0.985. The number of rotatable bonds is 7. The average Bonchev–Trinajstić information content (AvgIpc) is 2.66. The van der Waals surface area contributed by atoms with Crippen LogP contribution in [0.3, 0.4) is 0 Å². The van der Waals surface area contributed by atoms with E-state index in [1.54, 1.807) is 43.3 Å². The number of methoxy groups -OCH3 is 1. The summed E-state index contributed by atoms with van der Waals surface area (Å²) >= 11 is 3.46. The SMILES string of the molecule is CCCOc1c(Br)cc(C(=O)N(C)Cc2ccc(C#N)cc2)cc1OC. The zero-order valence-electron chi connectivity index (χ0n) is 15.1. The maximum absolute atomic E-state index is 12.8. The Labute approximate surface area is 162 Å². The third kappa shape index (κ3) is 4.77. The van der Waals surface area contributed by atoms with Crippen molar-refractivity contribution in [3.8, 4) is 17.6 Å². The van der Waals surface area contributed by atoms with Crippen molar-refractivity contribution in [1.82, 2.24) is 4.90 Å². The first-order chi connectivity index (χ1) is 12.5. The van der Waals surface area contributed by atoms with Gasteiger partial charge < -0.3 is 14.4 Å². The summed E-state index contributed by atoms with van der Waals surface area (Å²) in [6.07, 6.45) is 0.879. The summed E-state index contributed by atoms with van der Waals surface area (Å²) in [4.78, 5) is 14.4. The van der Waals surface area contributed by atoms with Crippen LogP contribution in [0.4, 0.5) is 0 Å². The average molecular weight is 417 g/mol. The van der Waals surface area contributed by atoms with Crippen molar-refractivity contribution in [3.63, 3.8) is 0 Å². The first-order valence-corrected chi connectivity index (χ1v) is 9.04. The van der Waals surface area contributed by atoms with Gasteiger partial charge in [-0.15, -0.1) is 0 Å². The van der Waals surface area contributed by atoms with Crippen molar-refractivity contribution in [2.45, 2.75) is 19.9 Å². The molecule has 0 atom stereocenters. The molecule has 5 nitrogen and oxygen atoms in total. The van der Waals surface area contributed by atoms with Gasteiger partial charge in [0.15, 0.2) is 11.5 Å². The molecule has 2 aromatic carbocycles. The summed E-state index contributed by atoms with van der Waals surface area (Å²) in [5, 5.41) is 8.86. The number of carbonyl (C=O) groups excluding carboxylic acids is 1. The Kier molecular flexibility index (Phi) is 7.05. The molecule has 0 bridgehead atoms. The Balaban J connectivity index is 2.19. The van der Waals surface area contributed by atoms with E-state index in [1.807, 2.05) is 19.1 Å². The lowest BCUT2D eigenvalue weighted by Gasteiger charge is -2.19. The highest BCUT2D eigenvalue weighted by Gasteiger charge is 2.18. The maximum Gasteiger partial charge on any atom is 0.254 e. The molecule has 2 rings (SSSR count). The molecule has 0 saturated heterocycles. The van der Waals surface area contributed by atoms with E-state index in [1.165, 1.54) is 0 Å². The van der Waals surface area contributed by atoms with Crippen molar-refractivity contribution >= 4 is 21.8 Å². The van der Waals surface area contributed by atoms with E-state index < -0.39 is 0 Å². The lowest BCUT2D eigenvalue weighted by atomic mass is 10.1. The molecule has 0 heterocycles. The number of hydrogen-bond acceptors (Lipinski definition) is 4. The number of amides is 1. The molecule has 136 valence electrons. The van der Waals surface area contributed by atoms with Gasteiger partial charge in [0.1, 0.15) is 0 Å². The Morgan fingerprint density at radius 1 is 1.27 bits per heavy atom. The van der Waals surface area contributed by atoms with Gasteiger partial charge in [0, 0.05) is 19.2 Å². The van der Waals surface area contributed by atoms with Gasteiger partial charge in [-0.2, -0.15) is 5.26 Å². The summed E-state index contributed by atoms with van der Waals surface area (Å²) < 4.78 is 11.8. The molecule has 0 saturated carbocycles. The Bertz CT molecular complexity index is 813. The van der Waals surface area contributed by atoms with Crippen molar-refractivity contribution in [2.24, 2.45) is 0 Å². The van der Waals surface area contributed by atoms with E-state index >= 15 is 0 Å². The minimum Gasteiger partial charge on any atom is -0.493 e. The fourth-order valence-electron chi connectivity index (χ4n) is 2.44. The molecule has 0 radical (unpaired) electrons. The van der Waals surface area contributed by atoms with Gasteiger partial charge in [-0.25, -0.2) is 0 Å². The second-order valence-corrected chi connectivity index (χ2v) is 6.66. The largest absolute Gasteiger partial charge is 0.493 e. The first-order valence-electron chi connectivity index (χ1n) is 8.25. The zero-order valence-corrected chi connectivity index (χ0v) is 16.7. The molecule has 0 aliphatic carbocycles. The minimum atomic E-state index is -0.129. The van der Waals surface area contributed by atoms with Crippen LogP contribution in [0.2, 0.25) is 0 Å². The van der Waals surface area contributed by atoms with Crippen molar-refractivity contribution in [1.29, 1.82) is 5.26 Å². The molecule has 6 heteroatoms. The predicted octanol–water partition coefficient (Wildman–Crippen LogP) is 4.39. The molecule has 0 aromatic heterocycles. The summed E-state index contributed by atoms with van der Waals surface area (Å²) in [6, 6.07) is 12.7. The van der Waals surface area contributed by atoms with Crippen LogP contribution in [0.25, 0.3) is 0 Å². The van der Waals surface area contributed by atoms with E-state index in [9.17, 15) is 4.79 Å². The summed E-state index contributed by atoms with van der Waals surface area (Å²) in [7, 11) is 3.29. The molecule has 0 fully saturated rings. The lowest BCUT2D eigenvalue weighted by Crippen LogP contribution is -2.26. The summed E-state index contributed by atoms with van der Waals surface area (Å²) in [6.45, 7) is 3.04. The van der Waals surface area contributed by atoms with Gasteiger partial charge in [0.05, 0.1) is 29.8 Å². The predicted molar refractivity (Wildman–Crippen MR) is 103 cm³/mol. The molecular weight excluding hydrogens is 396 g/mol. The van der Waals surface area contributed by atoms with Crippen LogP contribution in [0.1, 0.15) is 34.8 Å². The van der Waals surface area contributed by atoms with E-state index in [0.717, 1.165) is 12.0 Å². The van der Waals surface area contributed by atoms with E-state index in [0.29, 0.717) is 40.3 Å². The van der Waals surface area contributed by atoms with Crippen molar-refractivity contribution in [2.75, 3.05) is 20.8 Å². The molecule has 0 unspecified atom stereocenters. The standard InChI is InChI=1S/C20H21BrN2O3/c1-4-9-26-19-17(21)10-16(11-18(19)25-3)20(24)23(2)13-15-7-5-14(12-22)6-8-15/h5-8,10-11H,4,9,13H2,1-3H3. The second kappa shape index (κ2) is 9.25. The number of hydrogen-bond donors (Lipinski definition) is 0. The highest BCUT2D eigenvalue weighted by molar-refractivity contribution is 9.10. The molecular formula is C20H21BrN2O3. The number of ether oxygens (including phenoxy) is 2. The lowest BCUT2D eigenvalue weighted by molar-refractivity contribution is 0.0784. The second-order valence-electron chi connectivity index (χ2n) is 5.81. The van der Waals surface area contributed by atoms with Crippen LogP contribution in [0.5, 0.6) is 11.5 Å². The number of halogens is 1. The van der Waals surface area contributed by atoms with Gasteiger partial charge in [0.2, 0.25) is 0 Å². The quantitative estimate of drug-likeness (QED) is 0.671. The van der Waals surface area contributed by atoms with E-state index in [-0.39, 0.29) is 5.91 Å². The highest BCUT2D eigenvalue weighted by Crippen LogP contribution is 2.37. The Morgan fingerprint density at radius 2 is 1.96 bits per heavy atom. The number of nitrogens with zero attached hydrogens (tertiary/aromatic N) is 2. The first kappa shape index (κ1) is 19.8. The normalized spacial score (nSPS) is 10.1. The minimum absolute atomic E-state index is 0.129. The zero-order chi connectivity index (χ0) is 19.1. The molecule has 0 N–H and O–H groups in total. The van der Waals surface area contributed by atoms with E-state index in [2.05, 4.69) is 22.0 Å². The fraction of sp³-hybridized carbons (Fsp3) is 0.300. The van der Waals surface area contributed by atoms with Crippen LogP contribution in [0.15, 0.2) is 40.9 Å². The molecule has 0 aliphatic rings. The molecule has 0 spiro atoms. The van der Waals surface area contributed by atoms with Crippen LogP contribution in [0, 0.1) is 11.3 Å². The topological polar surface area (TPSA) is 62.6 Å².